The molecule has 7 aromatic carbocycles. The molecule has 0 bridgehead atoms. The molecule has 0 fully saturated rings. The molecule has 4 heterocycles. The molecule has 5 heteroatoms. The van der Waals surface area contributed by atoms with Gasteiger partial charge in [0.2, 0.25) is 0 Å². The number of para-hydroxylation sites is 2. The summed E-state index contributed by atoms with van der Waals surface area (Å²) in [6, 6.07) is 60.8. The van der Waals surface area contributed by atoms with Gasteiger partial charge < -0.3 is 8.83 Å². The van der Waals surface area contributed by atoms with Crippen LogP contribution in [0.2, 0.25) is 0 Å². The van der Waals surface area contributed by atoms with E-state index in [4.69, 9.17) is 18.8 Å². The number of hydrogen-bond acceptors (Lipinski definition) is 5. The van der Waals surface area contributed by atoms with Crippen LogP contribution in [0.3, 0.4) is 0 Å². The molecule has 0 aliphatic heterocycles. The Bertz CT molecular complexity index is 3110. The van der Waals surface area contributed by atoms with Gasteiger partial charge in [0.15, 0.2) is 5.82 Å². The van der Waals surface area contributed by atoms with Crippen molar-refractivity contribution in [2.75, 3.05) is 0 Å². The molecule has 0 aliphatic carbocycles. The van der Waals surface area contributed by atoms with E-state index < -0.39 is 0 Å². The monoisotopic (exact) mass is 717 g/mol. The number of fused-ring (bicyclic) bond motifs is 6. The maximum Gasteiger partial charge on any atom is 0.160 e. The van der Waals surface area contributed by atoms with Gasteiger partial charge in [-0.2, -0.15) is 0 Å². The van der Waals surface area contributed by atoms with Gasteiger partial charge in [0, 0.05) is 50.6 Å². The van der Waals surface area contributed by atoms with Crippen LogP contribution >= 0.6 is 0 Å². The van der Waals surface area contributed by atoms with Gasteiger partial charge >= 0.3 is 0 Å². The summed E-state index contributed by atoms with van der Waals surface area (Å²) in [4.78, 5) is 14.8. The zero-order valence-electron chi connectivity index (χ0n) is 30.1. The summed E-state index contributed by atoms with van der Waals surface area (Å²) in [5, 5.41) is 4.40. The van der Waals surface area contributed by atoms with Crippen LogP contribution in [0.25, 0.3) is 111 Å². The van der Waals surface area contributed by atoms with Crippen LogP contribution in [0.4, 0.5) is 0 Å². The Morgan fingerprint density at radius 2 is 0.786 bits per heavy atom. The topological polar surface area (TPSA) is 65.0 Å². The third kappa shape index (κ3) is 5.62. The van der Waals surface area contributed by atoms with Gasteiger partial charge in [0.05, 0.1) is 11.4 Å². The molecule has 0 radical (unpaired) electrons. The Morgan fingerprint density at radius 1 is 0.304 bits per heavy atom. The fourth-order valence-electron chi connectivity index (χ4n) is 7.75. The number of rotatable bonds is 6. The first kappa shape index (κ1) is 31.9. The highest BCUT2D eigenvalue weighted by atomic mass is 16.3. The van der Waals surface area contributed by atoms with Crippen molar-refractivity contribution in [3.05, 3.63) is 188 Å². The van der Waals surface area contributed by atoms with Crippen molar-refractivity contribution < 1.29 is 8.83 Å². The molecule has 4 aromatic heterocycles. The lowest BCUT2D eigenvalue weighted by Crippen LogP contribution is -1.97. The van der Waals surface area contributed by atoms with Crippen LogP contribution in [-0.4, -0.2) is 15.0 Å². The van der Waals surface area contributed by atoms with Gasteiger partial charge in [-0.1, -0.05) is 109 Å². The lowest BCUT2D eigenvalue weighted by molar-refractivity contribution is 0.668. The standard InChI is InChI=1S/C51H31N3O2/c1-2-9-33(10-3-1)45-30-46(34-18-16-32(17-19-34)37-11-8-24-52-31-37)54-51(53-45)40-26-38(35-20-22-43-41-12-4-6-14-47(41)55-49(43)28-35)25-39(27-40)36-21-23-44-42-13-5-7-15-48(42)56-50(44)29-36/h1-31H. The molecule has 0 amide bonds. The minimum absolute atomic E-state index is 0.635. The van der Waals surface area contributed by atoms with Crippen molar-refractivity contribution in [1.29, 1.82) is 0 Å². The zero-order valence-corrected chi connectivity index (χ0v) is 30.1. The number of pyridine rings is 1. The fourth-order valence-corrected chi connectivity index (χ4v) is 7.75. The molecule has 11 aromatic rings. The Labute approximate surface area is 322 Å². The summed E-state index contributed by atoms with van der Waals surface area (Å²) >= 11 is 0. The summed E-state index contributed by atoms with van der Waals surface area (Å²) in [7, 11) is 0. The van der Waals surface area contributed by atoms with Crippen molar-refractivity contribution in [1.82, 2.24) is 15.0 Å². The van der Waals surface area contributed by atoms with Crippen LogP contribution in [0, 0.1) is 0 Å². The molecule has 262 valence electrons. The molecule has 0 atom stereocenters. The Hall–Kier alpha value is -7.63. The van der Waals surface area contributed by atoms with Gasteiger partial charge in [-0.05, 0) is 100 Å². The highest BCUT2D eigenvalue weighted by molar-refractivity contribution is 6.07. The van der Waals surface area contributed by atoms with Gasteiger partial charge in [-0.15, -0.1) is 0 Å². The Kier molecular flexibility index (Phi) is 7.42. The second kappa shape index (κ2) is 13.0. The third-order valence-corrected chi connectivity index (χ3v) is 10.6. The third-order valence-electron chi connectivity index (χ3n) is 10.6. The predicted octanol–water partition coefficient (Wildman–Crippen LogP) is 13.7. The van der Waals surface area contributed by atoms with E-state index in [1.165, 1.54) is 0 Å². The number of furan rings is 2. The lowest BCUT2D eigenvalue weighted by atomic mass is 9.94. The first-order valence-electron chi connectivity index (χ1n) is 18.6. The summed E-state index contributed by atoms with van der Waals surface area (Å²) in [6.45, 7) is 0. The summed E-state index contributed by atoms with van der Waals surface area (Å²) in [5.41, 5.74) is 14.3. The molecule has 0 spiro atoms. The van der Waals surface area contributed by atoms with Crippen LogP contribution < -0.4 is 0 Å². The molecular weight excluding hydrogens is 687 g/mol. The van der Waals surface area contributed by atoms with Crippen LogP contribution in [0.15, 0.2) is 197 Å². The van der Waals surface area contributed by atoms with E-state index in [1.54, 1.807) is 6.20 Å². The number of nitrogens with zero attached hydrogens (tertiary/aromatic N) is 3. The molecule has 0 N–H and O–H groups in total. The van der Waals surface area contributed by atoms with E-state index in [2.05, 4.69) is 120 Å². The fraction of sp³-hybridized carbons (Fsp3) is 0. The van der Waals surface area contributed by atoms with Gasteiger partial charge in [0.1, 0.15) is 22.3 Å². The van der Waals surface area contributed by atoms with E-state index in [-0.39, 0.29) is 0 Å². The second-order valence-corrected chi connectivity index (χ2v) is 14.1. The Balaban J connectivity index is 1.10. The lowest BCUT2D eigenvalue weighted by Gasteiger charge is -2.13. The molecule has 56 heavy (non-hydrogen) atoms. The average Bonchev–Trinajstić information content (AvgIpc) is 3.84. The van der Waals surface area contributed by atoms with Crippen molar-refractivity contribution in [2.24, 2.45) is 0 Å². The largest absolute Gasteiger partial charge is 0.456 e. The smallest absolute Gasteiger partial charge is 0.160 e. The molecule has 0 saturated carbocycles. The van der Waals surface area contributed by atoms with E-state index in [0.29, 0.717) is 5.82 Å². The zero-order chi connectivity index (χ0) is 37.0. The maximum atomic E-state index is 6.35. The molecule has 0 unspecified atom stereocenters. The van der Waals surface area contributed by atoms with Crippen LogP contribution in [0.1, 0.15) is 0 Å². The SMILES string of the molecule is c1ccc(-c2cc(-c3ccc(-c4cccnc4)cc3)nc(-c3cc(-c4ccc5c(c4)oc4ccccc45)cc(-c4ccc5c(c4)oc4ccccc45)c3)n2)cc1. The van der Waals surface area contributed by atoms with Gasteiger partial charge in [0.25, 0.3) is 0 Å². The minimum atomic E-state index is 0.635. The number of hydrogen-bond donors (Lipinski definition) is 0. The Morgan fingerprint density at radius 3 is 1.38 bits per heavy atom. The van der Waals surface area contributed by atoms with Crippen molar-refractivity contribution in [2.45, 2.75) is 0 Å². The maximum absolute atomic E-state index is 6.35. The quantitative estimate of drug-likeness (QED) is 0.171. The minimum Gasteiger partial charge on any atom is -0.456 e. The molecule has 0 saturated heterocycles. The predicted molar refractivity (Wildman–Crippen MR) is 227 cm³/mol. The first-order valence-corrected chi connectivity index (χ1v) is 18.6. The highest BCUT2D eigenvalue weighted by Crippen LogP contribution is 2.39. The second-order valence-electron chi connectivity index (χ2n) is 14.1. The van der Waals surface area contributed by atoms with E-state index in [1.807, 2.05) is 66.9 Å². The molecule has 0 aliphatic rings. The summed E-state index contributed by atoms with van der Waals surface area (Å²) < 4.78 is 12.7. The van der Waals surface area contributed by atoms with Crippen LogP contribution in [0.5, 0.6) is 0 Å². The number of benzene rings is 7. The molecule has 5 nitrogen and oxygen atoms in total. The van der Waals surface area contributed by atoms with Gasteiger partial charge in [-0.3, -0.25) is 4.98 Å². The normalized spacial score (nSPS) is 11.6. The molecular formula is C51H31N3O2. The number of aromatic nitrogens is 3. The van der Waals surface area contributed by atoms with E-state index >= 15 is 0 Å². The van der Waals surface area contributed by atoms with Gasteiger partial charge in [-0.25, -0.2) is 9.97 Å². The summed E-state index contributed by atoms with van der Waals surface area (Å²) in [5.74, 6) is 0.635. The summed E-state index contributed by atoms with van der Waals surface area (Å²) in [6.07, 6.45) is 3.67. The van der Waals surface area contributed by atoms with Crippen molar-refractivity contribution in [3.8, 4) is 67.3 Å². The highest BCUT2D eigenvalue weighted by Gasteiger charge is 2.16. The van der Waals surface area contributed by atoms with E-state index in [9.17, 15) is 0 Å². The van der Waals surface area contributed by atoms with Crippen molar-refractivity contribution >= 4 is 43.9 Å². The first-order chi connectivity index (χ1) is 27.7. The van der Waals surface area contributed by atoms with E-state index in [0.717, 1.165) is 105 Å². The molecule has 11 rings (SSSR count). The van der Waals surface area contributed by atoms with Crippen molar-refractivity contribution in [3.63, 3.8) is 0 Å². The van der Waals surface area contributed by atoms with Crippen LogP contribution in [-0.2, 0) is 0 Å². The average molecular weight is 718 g/mol.